The fraction of sp³-hybridized carbons (Fsp3) is 0. The summed E-state index contributed by atoms with van der Waals surface area (Å²) in [5.74, 6) is 4.65. The van der Waals surface area contributed by atoms with E-state index in [1.54, 1.807) is 0 Å². The van der Waals surface area contributed by atoms with Gasteiger partial charge in [0.05, 0.1) is 73.4 Å². The molecule has 0 saturated heterocycles. The van der Waals surface area contributed by atoms with Crippen molar-refractivity contribution in [2.75, 3.05) is 0 Å². The molecule has 0 aliphatic rings. The third kappa shape index (κ3) is 13.9. The van der Waals surface area contributed by atoms with E-state index in [0.29, 0.717) is 85.8 Å². The lowest BCUT2D eigenvalue weighted by atomic mass is 10.1. The summed E-state index contributed by atoms with van der Waals surface area (Å²) >= 11 is 0. The Balaban J connectivity index is 0.000000110. The highest BCUT2D eigenvalue weighted by Gasteiger charge is 2.27. The number of fused-ring (bicyclic) bond motifs is 20. The van der Waals surface area contributed by atoms with Crippen LogP contribution in [-0.4, -0.2) is 58.6 Å². The zero-order chi connectivity index (χ0) is 91.8. The van der Waals surface area contributed by atoms with Crippen molar-refractivity contribution >= 4 is 131 Å². The molecule has 0 unspecified atom stereocenters. The van der Waals surface area contributed by atoms with Crippen LogP contribution in [0.2, 0.25) is 0 Å². The first-order valence-electron chi connectivity index (χ1n) is 45.1. The van der Waals surface area contributed by atoms with E-state index in [9.17, 15) is 15.8 Å². The highest BCUT2D eigenvalue weighted by atomic mass is 16.3. The first-order valence-corrected chi connectivity index (χ1v) is 45.1. The topological polar surface area (TPSA) is 242 Å². The molecule has 0 N–H and O–H groups in total. The van der Waals surface area contributed by atoms with E-state index < -0.39 is 0 Å². The lowest BCUT2D eigenvalue weighted by Crippen LogP contribution is -2.02. The molecule has 0 radical (unpaired) electrons. The minimum atomic E-state index is 0.446. The summed E-state index contributed by atoms with van der Waals surface area (Å²) in [6, 6.07) is 146. The minimum Gasteiger partial charge on any atom is -0.456 e. The molecule has 0 bridgehead atoms. The first kappa shape index (κ1) is 80.3. The molecule has 0 atom stereocenters. The molecule has 0 aliphatic heterocycles. The third-order valence-electron chi connectivity index (χ3n) is 25.5. The average Bonchev–Trinajstić information content (AvgIpc) is 1.56. The molecule has 27 rings (SSSR count). The number of rotatable bonds is 12. The lowest BCUT2D eigenvalue weighted by Gasteiger charge is -2.12. The van der Waals surface area contributed by atoms with Crippen molar-refractivity contribution in [2.45, 2.75) is 0 Å². The van der Waals surface area contributed by atoms with Crippen molar-refractivity contribution in [1.29, 1.82) is 15.8 Å². The van der Waals surface area contributed by atoms with E-state index in [0.717, 1.165) is 182 Å². The van der Waals surface area contributed by atoms with Crippen LogP contribution in [0.15, 0.2) is 432 Å². The van der Waals surface area contributed by atoms with Gasteiger partial charge in [0.1, 0.15) is 33.5 Å². The van der Waals surface area contributed by atoms with E-state index in [4.69, 9.17) is 58.1 Å². The molecule has 18 nitrogen and oxygen atoms in total. The van der Waals surface area contributed by atoms with Gasteiger partial charge in [-0.2, -0.15) is 15.8 Å². The summed E-state index contributed by atoms with van der Waals surface area (Å²) in [4.78, 5) is 43.6. The quantitative estimate of drug-likeness (QED) is 0.110. The first-order chi connectivity index (χ1) is 68.3. The maximum atomic E-state index is 10.5. The normalized spacial score (nSPS) is 11.5. The smallest absolute Gasteiger partial charge is 0.165 e. The molecule has 138 heavy (non-hydrogen) atoms. The predicted molar refractivity (Wildman–Crippen MR) is 547 cm³/mol. The molecule has 18 aromatic carbocycles. The number of hydrogen-bond donors (Lipinski definition) is 0. The number of aromatic nitrogens is 12. The van der Waals surface area contributed by atoms with Crippen molar-refractivity contribution in [1.82, 2.24) is 58.6 Å². The van der Waals surface area contributed by atoms with Gasteiger partial charge in [-0.15, -0.1) is 0 Å². The number of benzene rings is 18. The maximum absolute atomic E-state index is 10.5. The van der Waals surface area contributed by atoms with Crippen molar-refractivity contribution in [3.8, 4) is 138 Å². The Morgan fingerprint density at radius 3 is 0.899 bits per heavy atom. The van der Waals surface area contributed by atoms with E-state index in [-0.39, 0.29) is 0 Å². The Labute approximate surface area is 786 Å². The zero-order valence-corrected chi connectivity index (χ0v) is 73.3. The summed E-state index contributed by atoms with van der Waals surface area (Å²) in [7, 11) is 0. The van der Waals surface area contributed by atoms with Crippen LogP contribution in [0, 0.1) is 34.0 Å². The summed E-state index contributed by atoms with van der Waals surface area (Å²) in [6.07, 6.45) is 0. The van der Waals surface area contributed by atoms with Gasteiger partial charge in [0.25, 0.3) is 0 Å². The predicted octanol–water partition coefficient (Wildman–Crippen LogP) is 29.2. The molecule has 18 heteroatoms. The van der Waals surface area contributed by atoms with E-state index in [1.165, 1.54) is 0 Å². The largest absolute Gasteiger partial charge is 0.456 e. The van der Waals surface area contributed by atoms with Gasteiger partial charge in [0, 0.05) is 126 Å². The van der Waals surface area contributed by atoms with E-state index in [2.05, 4.69) is 123 Å². The summed E-state index contributed by atoms with van der Waals surface area (Å²) < 4.78 is 25.6. The Bertz CT molecular complexity index is 9340. The second-order valence-corrected chi connectivity index (χ2v) is 33.5. The number of nitrogens with zero attached hydrogens (tertiary/aromatic N) is 15. The lowest BCUT2D eigenvalue weighted by molar-refractivity contribution is 0.669. The van der Waals surface area contributed by atoms with Crippen LogP contribution >= 0.6 is 0 Å². The van der Waals surface area contributed by atoms with Gasteiger partial charge in [-0.25, -0.2) is 44.9 Å². The number of hydrogen-bond acceptors (Lipinski definition) is 15. The molecule has 9 heterocycles. The molecule has 0 saturated carbocycles. The molecule has 0 amide bonds. The highest BCUT2D eigenvalue weighted by molar-refractivity contribution is 6.28. The Kier molecular flexibility index (Phi) is 19.5. The molecular weight excluding hydrogens is 1700 g/mol. The van der Waals surface area contributed by atoms with E-state index >= 15 is 0 Å². The third-order valence-corrected chi connectivity index (χ3v) is 25.5. The van der Waals surface area contributed by atoms with Crippen LogP contribution in [0.25, 0.3) is 251 Å². The molecule has 0 aliphatic carbocycles. The average molecular weight is 1770 g/mol. The van der Waals surface area contributed by atoms with Gasteiger partial charge in [-0.05, 0) is 127 Å². The number of furan rings is 3. The standard InChI is InChI=1S/3C40H23N5O/c41-24-27-23-28(19-20-29(27)40-43-38(25-11-3-1-4-12-25)42-39(44-40)26-13-5-2-6-14-26)45-33-17-9-7-16-32(33)36-34(45)22-21-31-30-15-8-10-18-35(30)46-37(31)36;41-24-27-21-28(19-20-29(27)40-43-38(25-11-3-1-4-12-25)42-39(44-40)26-13-5-2-6-14-26)45-34-17-9-7-15-30(34)32-23-37-33(22-35(32)45)31-16-8-10-18-36(31)46-37;41-24-27-23-28(19-20-29(27)40-43-38(25-11-3-1-4-12-25)42-39(44-40)26-13-5-2-6-14-26)45-32-17-9-7-15-30(32)36-33(45)21-22-35-37(36)31-16-8-10-18-34(31)46-35/h3*1-23H. The van der Waals surface area contributed by atoms with Gasteiger partial charge >= 0.3 is 0 Å². The van der Waals surface area contributed by atoms with Crippen molar-refractivity contribution < 1.29 is 13.3 Å². The minimum absolute atomic E-state index is 0.446. The van der Waals surface area contributed by atoms with E-state index in [1.807, 2.05) is 328 Å². The Morgan fingerprint density at radius 1 is 0.181 bits per heavy atom. The van der Waals surface area contributed by atoms with Crippen LogP contribution in [0.5, 0.6) is 0 Å². The van der Waals surface area contributed by atoms with Gasteiger partial charge in [0.15, 0.2) is 52.4 Å². The van der Waals surface area contributed by atoms with Gasteiger partial charge < -0.3 is 27.0 Å². The molecule has 27 aromatic rings. The fourth-order valence-electron chi connectivity index (χ4n) is 19.2. The SMILES string of the molecule is N#Cc1cc(-n2c3ccccc3c3c4c(ccc32)oc2ccccc24)ccc1-c1nc(-c2ccccc2)nc(-c2ccccc2)n1.N#Cc1cc(-n2c3ccccc3c3c4oc5ccccc5c4ccc32)ccc1-c1nc(-c2ccccc2)nc(-c2ccccc2)n1.N#Cc1cc(-n2c3ccccc3c3cc4oc5ccccc5c4cc32)ccc1-c1nc(-c2ccccc2)nc(-c2ccccc2)n1. The summed E-state index contributed by atoms with van der Waals surface area (Å²) in [5, 5.41) is 44.5. The van der Waals surface area contributed by atoms with Crippen molar-refractivity contribution in [3.05, 3.63) is 435 Å². The Hall–Kier alpha value is -19.7. The van der Waals surface area contributed by atoms with Crippen LogP contribution in [0.3, 0.4) is 0 Å². The van der Waals surface area contributed by atoms with Crippen molar-refractivity contribution in [2.24, 2.45) is 0 Å². The molecule has 0 spiro atoms. The van der Waals surface area contributed by atoms with Crippen molar-refractivity contribution in [3.63, 3.8) is 0 Å². The van der Waals surface area contributed by atoms with Gasteiger partial charge in [0.2, 0.25) is 0 Å². The molecule has 9 aromatic heterocycles. The Morgan fingerprint density at radius 2 is 0.486 bits per heavy atom. The fourth-order valence-corrected chi connectivity index (χ4v) is 19.2. The van der Waals surface area contributed by atoms with Crippen LogP contribution < -0.4 is 0 Å². The number of nitriles is 3. The van der Waals surface area contributed by atoms with Crippen LogP contribution in [-0.2, 0) is 0 Å². The van der Waals surface area contributed by atoms with Crippen LogP contribution in [0.1, 0.15) is 16.7 Å². The summed E-state index contributed by atoms with van der Waals surface area (Å²) in [5.41, 5.74) is 22.6. The second kappa shape index (κ2) is 33.6. The maximum Gasteiger partial charge on any atom is 0.165 e. The zero-order valence-electron chi connectivity index (χ0n) is 73.3. The van der Waals surface area contributed by atoms with Crippen LogP contribution in [0.4, 0.5) is 0 Å². The highest BCUT2D eigenvalue weighted by Crippen LogP contribution is 2.46. The molecule has 642 valence electrons. The summed E-state index contributed by atoms with van der Waals surface area (Å²) in [6.45, 7) is 0. The second-order valence-electron chi connectivity index (χ2n) is 33.5. The molecular formula is C120H69N15O3. The number of para-hydroxylation sites is 6. The van der Waals surface area contributed by atoms with Gasteiger partial charge in [-0.3, -0.25) is 0 Å². The molecule has 0 fully saturated rings. The monoisotopic (exact) mass is 1770 g/mol. The van der Waals surface area contributed by atoms with Gasteiger partial charge in [-0.1, -0.05) is 291 Å².